The summed E-state index contributed by atoms with van der Waals surface area (Å²) in [6.45, 7) is 4.49. The summed E-state index contributed by atoms with van der Waals surface area (Å²) in [6.07, 6.45) is 0. The number of hydrogen-bond donors (Lipinski definition) is 2. The topological polar surface area (TPSA) is 0 Å². The molecule has 0 aliphatic rings. The van der Waals surface area contributed by atoms with Crippen molar-refractivity contribution < 1.29 is 0 Å². The predicted octanol–water partition coefficient (Wildman–Crippen LogP) is 5.16. The summed E-state index contributed by atoms with van der Waals surface area (Å²) in [6, 6.07) is 0. The van der Waals surface area contributed by atoms with Gasteiger partial charge in [-0.1, -0.05) is 13.8 Å². The Morgan fingerprint density at radius 1 is 0.778 bits per heavy atom. The van der Waals surface area contributed by atoms with Crippen LogP contribution in [0.3, 0.4) is 0 Å². The molecule has 0 atom stereocenters. The van der Waals surface area contributed by atoms with Crippen LogP contribution in [0.2, 0.25) is 0 Å². The zero-order valence-corrected chi connectivity index (χ0v) is 16.9. The maximum Gasteiger partial charge on any atom is 0.0609 e. The minimum atomic E-state index is 0.644. The zero-order chi connectivity index (χ0) is 13.6. The molecule has 18 heavy (non-hydrogen) atoms. The highest BCUT2D eigenvalue weighted by Crippen LogP contribution is 2.31. The van der Waals surface area contributed by atoms with Crippen LogP contribution in [0, 0.1) is 0 Å². The first-order valence-corrected chi connectivity index (χ1v) is 12.7. The SMILES string of the molecule is CCSCC(CSCC)SCC(SCS)SCS. The third kappa shape index (κ3) is 12.2. The Kier molecular flexibility index (Phi) is 18.0. The lowest BCUT2D eigenvalue weighted by Crippen LogP contribution is -2.14. The van der Waals surface area contributed by atoms with E-state index in [9.17, 15) is 0 Å². The summed E-state index contributed by atoms with van der Waals surface area (Å²) < 4.78 is 0.644. The summed E-state index contributed by atoms with van der Waals surface area (Å²) in [7, 11) is 0. The maximum absolute atomic E-state index is 4.32. The number of thioether (sulfide) groups is 5. The van der Waals surface area contributed by atoms with Crippen molar-refractivity contribution in [2.75, 3.05) is 38.9 Å². The third-order valence-electron chi connectivity index (χ3n) is 2.00. The van der Waals surface area contributed by atoms with E-state index in [0.717, 1.165) is 15.4 Å². The first-order valence-electron chi connectivity index (χ1n) is 6.00. The Hall–Kier alpha value is 2.45. The highest BCUT2D eigenvalue weighted by molar-refractivity contribution is 8.24. The summed E-state index contributed by atoms with van der Waals surface area (Å²) in [5, 5.41) is 2.61. The van der Waals surface area contributed by atoms with Gasteiger partial charge in [-0.25, -0.2) is 0 Å². The molecular weight excluding hydrogens is 357 g/mol. The molecule has 0 aromatic heterocycles. The van der Waals surface area contributed by atoms with Gasteiger partial charge in [0, 0.05) is 32.7 Å². The molecule has 0 amide bonds. The Bertz CT molecular complexity index is 153. The van der Waals surface area contributed by atoms with Gasteiger partial charge in [-0.3, -0.25) is 0 Å². The lowest BCUT2D eigenvalue weighted by atomic mass is 10.5. The molecule has 0 rings (SSSR count). The quantitative estimate of drug-likeness (QED) is 0.333. The van der Waals surface area contributed by atoms with Gasteiger partial charge in [0.05, 0.1) is 4.58 Å². The van der Waals surface area contributed by atoms with Crippen molar-refractivity contribution in [3.05, 3.63) is 0 Å². The Balaban J connectivity index is 3.94. The van der Waals surface area contributed by atoms with Crippen molar-refractivity contribution >= 4 is 84.1 Å². The third-order valence-corrected chi connectivity index (χ3v) is 9.36. The van der Waals surface area contributed by atoms with Crippen LogP contribution in [-0.4, -0.2) is 48.8 Å². The molecule has 0 spiro atoms. The van der Waals surface area contributed by atoms with Gasteiger partial charge in [0.2, 0.25) is 0 Å². The van der Waals surface area contributed by atoms with E-state index in [-0.39, 0.29) is 0 Å². The molecule has 0 N–H and O–H groups in total. The van der Waals surface area contributed by atoms with E-state index in [1.165, 1.54) is 28.8 Å². The van der Waals surface area contributed by atoms with Gasteiger partial charge in [0.1, 0.15) is 0 Å². The van der Waals surface area contributed by atoms with E-state index in [4.69, 9.17) is 0 Å². The van der Waals surface area contributed by atoms with Gasteiger partial charge >= 0.3 is 0 Å². The fourth-order valence-corrected chi connectivity index (χ4v) is 8.38. The molecule has 0 heterocycles. The molecule has 0 fully saturated rings. The van der Waals surface area contributed by atoms with Crippen molar-refractivity contribution in [1.82, 2.24) is 0 Å². The van der Waals surface area contributed by atoms with Crippen LogP contribution in [0.25, 0.3) is 0 Å². The molecule has 0 radical (unpaired) electrons. The highest BCUT2D eigenvalue weighted by Gasteiger charge is 2.14. The van der Waals surface area contributed by atoms with Crippen LogP contribution in [0.15, 0.2) is 0 Å². The highest BCUT2D eigenvalue weighted by atomic mass is 32.2. The summed E-state index contributed by atoms with van der Waals surface area (Å²) in [5.74, 6) is 6.26. The molecule has 0 unspecified atom stereocenters. The molecular formula is C11H24S7. The monoisotopic (exact) mass is 380 g/mol. The van der Waals surface area contributed by atoms with Crippen molar-refractivity contribution in [2.24, 2.45) is 0 Å². The minimum Gasteiger partial charge on any atom is -0.168 e. The molecule has 0 aliphatic heterocycles. The second-order valence-corrected chi connectivity index (χ2v) is 11.4. The van der Waals surface area contributed by atoms with Crippen LogP contribution in [-0.2, 0) is 0 Å². The Morgan fingerprint density at radius 3 is 1.67 bits per heavy atom. The average molecular weight is 381 g/mol. The molecule has 0 saturated heterocycles. The van der Waals surface area contributed by atoms with Gasteiger partial charge in [-0.15, -0.1) is 23.5 Å². The Labute approximate surface area is 145 Å². The average Bonchev–Trinajstić information content (AvgIpc) is 2.38. The van der Waals surface area contributed by atoms with E-state index in [1.807, 2.05) is 23.5 Å². The number of hydrogen-bond acceptors (Lipinski definition) is 7. The van der Waals surface area contributed by atoms with Crippen LogP contribution in [0.5, 0.6) is 0 Å². The lowest BCUT2D eigenvalue weighted by Gasteiger charge is -2.19. The second-order valence-electron chi connectivity index (χ2n) is 3.30. The minimum absolute atomic E-state index is 0.644. The molecule has 0 bridgehead atoms. The molecule has 0 aliphatic carbocycles. The van der Waals surface area contributed by atoms with E-state index in [2.05, 4.69) is 74.4 Å². The summed E-state index contributed by atoms with van der Waals surface area (Å²) in [5.41, 5.74) is 0. The molecule has 0 nitrogen and oxygen atoms in total. The van der Waals surface area contributed by atoms with Gasteiger partial charge in [0.25, 0.3) is 0 Å². The fraction of sp³-hybridized carbons (Fsp3) is 1.00. The molecule has 110 valence electrons. The van der Waals surface area contributed by atoms with E-state index in [1.54, 1.807) is 0 Å². The second kappa shape index (κ2) is 15.8. The van der Waals surface area contributed by atoms with Crippen LogP contribution < -0.4 is 0 Å². The van der Waals surface area contributed by atoms with Crippen molar-refractivity contribution in [3.8, 4) is 0 Å². The van der Waals surface area contributed by atoms with Crippen LogP contribution in [0.4, 0.5) is 0 Å². The van der Waals surface area contributed by atoms with Gasteiger partial charge in [-0.05, 0) is 11.5 Å². The van der Waals surface area contributed by atoms with Crippen molar-refractivity contribution in [2.45, 2.75) is 23.7 Å². The smallest absolute Gasteiger partial charge is 0.0609 e. The molecule has 0 aromatic rings. The molecule has 0 saturated carbocycles. The van der Waals surface area contributed by atoms with Crippen LogP contribution >= 0.6 is 84.1 Å². The van der Waals surface area contributed by atoms with Gasteiger partial charge < -0.3 is 0 Å². The summed E-state index contributed by atoms with van der Waals surface area (Å²) in [4.78, 5) is 0. The first kappa shape index (κ1) is 20.5. The first-order chi connectivity index (χ1) is 8.78. The standard InChI is InChI=1S/C11H24S7/c1-3-14-5-10(6-15-4-2)16-7-11(17-8-12)18-9-13/h10-13H,3-9H2,1-2H3. The fourth-order valence-electron chi connectivity index (χ4n) is 1.17. The van der Waals surface area contributed by atoms with Crippen LogP contribution in [0.1, 0.15) is 13.8 Å². The normalized spacial score (nSPS) is 11.7. The maximum atomic E-state index is 4.32. The van der Waals surface area contributed by atoms with Gasteiger partial charge in [-0.2, -0.15) is 60.5 Å². The molecule has 7 heteroatoms. The Morgan fingerprint density at radius 2 is 1.28 bits per heavy atom. The van der Waals surface area contributed by atoms with Crippen molar-refractivity contribution in [1.29, 1.82) is 0 Å². The predicted molar refractivity (Wildman–Crippen MR) is 109 cm³/mol. The van der Waals surface area contributed by atoms with E-state index in [0.29, 0.717) is 4.58 Å². The van der Waals surface area contributed by atoms with Gasteiger partial charge in [0.15, 0.2) is 0 Å². The zero-order valence-electron chi connectivity index (χ0n) is 11.0. The number of thiol groups is 2. The molecule has 0 aromatic carbocycles. The summed E-state index contributed by atoms with van der Waals surface area (Å²) >= 11 is 18.8. The van der Waals surface area contributed by atoms with E-state index >= 15 is 0 Å². The van der Waals surface area contributed by atoms with E-state index < -0.39 is 0 Å². The van der Waals surface area contributed by atoms with Crippen molar-refractivity contribution in [3.63, 3.8) is 0 Å². The largest absolute Gasteiger partial charge is 0.168 e. The number of rotatable bonds is 13. The lowest BCUT2D eigenvalue weighted by molar-refractivity contribution is 1.14.